The highest BCUT2D eigenvalue weighted by Crippen LogP contribution is 2.28. The number of aromatic nitrogens is 2. The lowest BCUT2D eigenvalue weighted by Crippen LogP contribution is -2.54. The molecule has 7 heteroatoms. The minimum atomic E-state index is -0.00435. The van der Waals surface area contributed by atoms with Crippen LogP contribution in [-0.4, -0.2) is 39.5 Å². The van der Waals surface area contributed by atoms with Crippen molar-refractivity contribution in [1.29, 1.82) is 0 Å². The van der Waals surface area contributed by atoms with Crippen molar-refractivity contribution in [2.75, 3.05) is 13.1 Å². The third-order valence-electron chi connectivity index (χ3n) is 4.76. The Morgan fingerprint density at radius 1 is 1.33 bits per heavy atom. The molecule has 5 nitrogen and oxygen atoms in total. The van der Waals surface area contributed by atoms with Crippen LogP contribution in [0.5, 0.6) is 0 Å². The number of carbonyl (C=O) groups excluding carboxylic acids is 1. The van der Waals surface area contributed by atoms with Gasteiger partial charge in [-0.15, -0.1) is 24.8 Å². The second-order valence-electron chi connectivity index (χ2n) is 6.88. The Hall–Kier alpha value is -1.30. The monoisotopic (exact) mass is 372 g/mol. The highest BCUT2D eigenvalue weighted by molar-refractivity contribution is 5.85. The first-order chi connectivity index (χ1) is 10.5. The molecule has 0 bridgehead atoms. The van der Waals surface area contributed by atoms with Crippen LogP contribution in [0, 0.1) is 5.41 Å². The number of halogens is 2. The topological polar surface area (TPSA) is 64.2 Å². The van der Waals surface area contributed by atoms with Gasteiger partial charge in [-0.05, 0) is 24.0 Å². The maximum atomic E-state index is 12.5. The van der Waals surface area contributed by atoms with E-state index in [0.29, 0.717) is 13.0 Å². The van der Waals surface area contributed by atoms with Gasteiger partial charge in [-0.2, -0.15) is 0 Å². The number of hydrogen-bond acceptors (Lipinski definition) is 3. The molecule has 1 aromatic carbocycles. The molecule has 2 heterocycles. The number of fused-ring (bicyclic) bond motifs is 1. The van der Waals surface area contributed by atoms with E-state index < -0.39 is 0 Å². The van der Waals surface area contributed by atoms with Crippen LogP contribution in [0.1, 0.15) is 26.7 Å². The molecule has 1 aliphatic heterocycles. The van der Waals surface area contributed by atoms with E-state index in [9.17, 15) is 4.79 Å². The lowest BCUT2D eigenvalue weighted by Gasteiger charge is -2.42. The molecule has 24 heavy (non-hydrogen) atoms. The van der Waals surface area contributed by atoms with Crippen LogP contribution < -0.4 is 5.73 Å². The number of nitrogens with zero attached hydrogens (tertiary/aromatic N) is 3. The van der Waals surface area contributed by atoms with E-state index in [4.69, 9.17) is 5.73 Å². The van der Waals surface area contributed by atoms with Crippen molar-refractivity contribution in [1.82, 2.24) is 14.5 Å². The van der Waals surface area contributed by atoms with Gasteiger partial charge in [0, 0.05) is 32.1 Å². The molecule has 1 unspecified atom stereocenters. The molecule has 1 saturated heterocycles. The van der Waals surface area contributed by atoms with Gasteiger partial charge < -0.3 is 15.2 Å². The number of carbonyl (C=O) groups is 1. The SMILES string of the molecule is CC1(C)CN(C(=O)CCn2cnc3ccccc32)CCC1N.Cl.Cl. The van der Waals surface area contributed by atoms with Gasteiger partial charge >= 0.3 is 0 Å². The summed E-state index contributed by atoms with van der Waals surface area (Å²) < 4.78 is 2.05. The number of aryl methyl sites for hydroxylation is 1. The van der Waals surface area contributed by atoms with E-state index in [0.717, 1.165) is 30.5 Å². The first-order valence-corrected chi connectivity index (χ1v) is 7.90. The van der Waals surface area contributed by atoms with Crippen LogP contribution in [0.3, 0.4) is 0 Å². The third-order valence-corrected chi connectivity index (χ3v) is 4.76. The zero-order chi connectivity index (χ0) is 15.7. The first kappa shape index (κ1) is 20.7. The Kier molecular flexibility index (Phi) is 7.08. The Morgan fingerprint density at radius 3 is 2.75 bits per heavy atom. The Balaban J connectivity index is 0.00000144. The van der Waals surface area contributed by atoms with E-state index >= 15 is 0 Å². The van der Waals surface area contributed by atoms with Gasteiger partial charge in [0.1, 0.15) is 0 Å². The number of piperidine rings is 1. The maximum absolute atomic E-state index is 12.5. The average molecular weight is 373 g/mol. The predicted molar refractivity (Wildman–Crippen MR) is 102 cm³/mol. The van der Waals surface area contributed by atoms with Gasteiger partial charge in [0.25, 0.3) is 0 Å². The molecule has 1 aliphatic rings. The summed E-state index contributed by atoms with van der Waals surface area (Å²) in [6.45, 7) is 6.47. The Bertz CT molecular complexity index is 686. The minimum absolute atomic E-state index is 0. The second-order valence-corrected chi connectivity index (χ2v) is 6.88. The van der Waals surface area contributed by atoms with E-state index in [-0.39, 0.29) is 42.2 Å². The van der Waals surface area contributed by atoms with E-state index in [1.165, 1.54) is 0 Å². The lowest BCUT2D eigenvalue weighted by molar-refractivity contribution is -0.134. The van der Waals surface area contributed by atoms with Crippen LogP contribution in [0.15, 0.2) is 30.6 Å². The van der Waals surface area contributed by atoms with Gasteiger partial charge in [-0.1, -0.05) is 26.0 Å². The predicted octanol–water partition coefficient (Wildman–Crippen LogP) is 2.86. The fourth-order valence-electron chi connectivity index (χ4n) is 3.15. The number of para-hydroxylation sites is 2. The number of rotatable bonds is 3. The number of amides is 1. The minimum Gasteiger partial charge on any atom is -0.342 e. The molecule has 2 N–H and O–H groups in total. The van der Waals surface area contributed by atoms with E-state index in [1.807, 2.05) is 40.1 Å². The highest BCUT2D eigenvalue weighted by atomic mass is 35.5. The number of benzene rings is 1. The summed E-state index contributed by atoms with van der Waals surface area (Å²) in [5, 5.41) is 0. The average Bonchev–Trinajstić information content (AvgIpc) is 2.91. The van der Waals surface area contributed by atoms with Crippen molar-refractivity contribution >= 4 is 41.8 Å². The van der Waals surface area contributed by atoms with Crippen LogP contribution in [0.2, 0.25) is 0 Å². The van der Waals surface area contributed by atoms with Crippen LogP contribution in [-0.2, 0) is 11.3 Å². The van der Waals surface area contributed by atoms with Crippen molar-refractivity contribution < 1.29 is 4.79 Å². The number of hydrogen-bond donors (Lipinski definition) is 1. The summed E-state index contributed by atoms with van der Waals surface area (Å²) >= 11 is 0. The molecule has 1 amide bonds. The molecule has 0 spiro atoms. The molecule has 0 saturated carbocycles. The summed E-state index contributed by atoms with van der Waals surface area (Å²) in [6.07, 6.45) is 3.20. The van der Waals surface area contributed by atoms with Crippen LogP contribution >= 0.6 is 24.8 Å². The van der Waals surface area contributed by atoms with Crippen molar-refractivity contribution in [2.24, 2.45) is 11.1 Å². The third kappa shape index (κ3) is 4.21. The smallest absolute Gasteiger partial charge is 0.224 e. The van der Waals surface area contributed by atoms with Crippen molar-refractivity contribution in [3.63, 3.8) is 0 Å². The van der Waals surface area contributed by atoms with E-state index in [2.05, 4.69) is 18.8 Å². The molecule has 1 fully saturated rings. The molecular formula is C17H26Cl2N4O. The number of likely N-dealkylation sites (tertiary alicyclic amines) is 1. The van der Waals surface area contributed by atoms with Gasteiger partial charge in [0.15, 0.2) is 0 Å². The van der Waals surface area contributed by atoms with Crippen molar-refractivity contribution in [3.8, 4) is 0 Å². The van der Waals surface area contributed by atoms with Gasteiger partial charge in [0.2, 0.25) is 5.91 Å². The summed E-state index contributed by atoms with van der Waals surface area (Å²) in [4.78, 5) is 18.8. The summed E-state index contributed by atoms with van der Waals surface area (Å²) in [6, 6.07) is 8.17. The Labute approximate surface area is 155 Å². The maximum Gasteiger partial charge on any atom is 0.224 e. The fraction of sp³-hybridized carbons (Fsp3) is 0.529. The van der Waals surface area contributed by atoms with E-state index in [1.54, 1.807) is 0 Å². The molecule has 134 valence electrons. The molecule has 0 radical (unpaired) electrons. The van der Waals surface area contributed by atoms with Gasteiger partial charge in [-0.3, -0.25) is 4.79 Å². The number of nitrogens with two attached hydrogens (primary N) is 1. The number of imidazole rings is 1. The van der Waals surface area contributed by atoms with Crippen LogP contribution in [0.25, 0.3) is 11.0 Å². The van der Waals surface area contributed by atoms with Gasteiger partial charge in [0.05, 0.1) is 17.4 Å². The second kappa shape index (κ2) is 8.19. The molecule has 0 aliphatic carbocycles. The fourth-order valence-corrected chi connectivity index (χ4v) is 3.15. The van der Waals surface area contributed by atoms with Crippen LogP contribution in [0.4, 0.5) is 0 Å². The summed E-state index contributed by atoms with van der Waals surface area (Å²) in [7, 11) is 0. The molecule has 1 atom stereocenters. The molecule has 2 aromatic rings. The highest BCUT2D eigenvalue weighted by Gasteiger charge is 2.35. The largest absolute Gasteiger partial charge is 0.342 e. The molecule has 1 aromatic heterocycles. The Morgan fingerprint density at radius 2 is 2.04 bits per heavy atom. The van der Waals surface area contributed by atoms with Crippen molar-refractivity contribution in [3.05, 3.63) is 30.6 Å². The first-order valence-electron chi connectivity index (χ1n) is 7.90. The summed E-state index contributed by atoms with van der Waals surface area (Å²) in [5.41, 5.74) is 8.19. The normalized spacial score (nSPS) is 19.5. The van der Waals surface area contributed by atoms with Crippen molar-refractivity contribution in [2.45, 2.75) is 39.3 Å². The molecule has 3 rings (SSSR count). The lowest BCUT2D eigenvalue weighted by atomic mass is 9.79. The zero-order valence-corrected chi connectivity index (χ0v) is 15.8. The van der Waals surface area contributed by atoms with Gasteiger partial charge in [-0.25, -0.2) is 4.98 Å². The summed E-state index contributed by atoms with van der Waals surface area (Å²) in [5.74, 6) is 0.206. The quantitative estimate of drug-likeness (QED) is 0.900. The molecular weight excluding hydrogens is 347 g/mol. The zero-order valence-electron chi connectivity index (χ0n) is 14.1. The standard InChI is InChI=1S/C17H24N4O.2ClH/c1-17(2)11-20(9-7-15(17)18)16(22)8-10-21-12-19-13-5-3-4-6-14(13)21;;/h3-6,12,15H,7-11,18H2,1-2H3;2*1H.